The number of esters is 1. The van der Waals surface area contributed by atoms with Crippen LogP contribution in [0.1, 0.15) is 33.1 Å². The third-order valence-corrected chi connectivity index (χ3v) is 4.52. The van der Waals surface area contributed by atoms with Crippen LogP contribution in [-0.2, 0) is 9.53 Å². The Labute approximate surface area is 104 Å². The molecule has 0 radical (unpaired) electrons. The van der Waals surface area contributed by atoms with E-state index in [1.54, 1.807) is 0 Å². The number of hydrogen-bond acceptors (Lipinski definition) is 2. The Morgan fingerprint density at radius 3 is 2.76 bits per heavy atom. The van der Waals surface area contributed by atoms with Gasteiger partial charge in [-0.25, -0.2) is 0 Å². The highest BCUT2D eigenvalue weighted by Crippen LogP contribution is 2.40. The standard InChI is InChI=1S/C14H24NO2/c1-11(2)6-9-15-8-4-5-13(15)12(7-10-15)14(16)17-3/h6,12-13H,4-5,7-10H2,1-3H3/q+1/t12-,13+,15?/m0/s1. The molecule has 3 nitrogen and oxygen atoms in total. The second-order valence-electron chi connectivity index (χ2n) is 5.76. The number of allylic oxidation sites excluding steroid dienone is 1. The van der Waals surface area contributed by atoms with Gasteiger partial charge in [0.1, 0.15) is 12.0 Å². The first kappa shape index (κ1) is 12.6. The summed E-state index contributed by atoms with van der Waals surface area (Å²) in [5, 5.41) is 0. The minimum Gasteiger partial charge on any atom is -0.469 e. The van der Waals surface area contributed by atoms with Crippen molar-refractivity contribution in [3.8, 4) is 0 Å². The third-order valence-electron chi connectivity index (χ3n) is 4.52. The lowest BCUT2D eigenvalue weighted by Gasteiger charge is -2.34. The van der Waals surface area contributed by atoms with Gasteiger partial charge in [-0.05, 0) is 19.9 Å². The number of nitrogens with zero attached hydrogens (tertiary/aromatic N) is 1. The number of quaternary nitrogens is 1. The number of fused-ring (bicyclic) bond motifs is 1. The zero-order valence-corrected chi connectivity index (χ0v) is 11.2. The Bertz CT molecular complexity index is 333. The summed E-state index contributed by atoms with van der Waals surface area (Å²) in [5.41, 5.74) is 1.38. The van der Waals surface area contributed by atoms with Crippen molar-refractivity contribution in [3.05, 3.63) is 11.6 Å². The number of ether oxygens (including phenoxy) is 1. The van der Waals surface area contributed by atoms with E-state index < -0.39 is 0 Å². The van der Waals surface area contributed by atoms with E-state index in [2.05, 4.69) is 19.9 Å². The van der Waals surface area contributed by atoms with Crippen molar-refractivity contribution < 1.29 is 14.0 Å². The van der Waals surface area contributed by atoms with E-state index in [-0.39, 0.29) is 11.9 Å². The fraction of sp³-hybridized carbons (Fsp3) is 0.786. The molecule has 1 unspecified atom stereocenters. The van der Waals surface area contributed by atoms with Crippen LogP contribution in [0.15, 0.2) is 11.6 Å². The first-order valence-corrected chi connectivity index (χ1v) is 6.66. The Morgan fingerprint density at radius 1 is 1.35 bits per heavy atom. The van der Waals surface area contributed by atoms with Crippen LogP contribution in [0.25, 0.3) is 0 Å². The molecule has 3 heteroatoms. The predicted octanol–water partition coefficient (Wildman–Crippen LogP) is 2.12. The minimum absolute atomic E-state index is 0.00843. The van der Waals surface area contributed by atoms with Gasteiger partial charge in [0.15, 0.2) is 0 Å². The van der Waals surface area contributed by atoms with Crippen molar-refractivity contribution in [2.45, 2.75) is 39.2 Å². The molecule has 0 aromatic heterocycles. The molecule has 0 saturated carbocycles. The Kier molecular flexibility index (Phi) is 3.57. The molecule has 0 aliphatic carbocycles. The van der Waals surface area contributed by atoms with E-state index in [0.29, 0.717) is 6.04 Å². The van der Waals surface area contributed by atoms with Crippen LogP contribution in [-0.4, -0.2) is 43.2 Å². The molecule has 0 spiro atoms. The van der Waals surface area contributed by atoms with Gasteiger partial charge in [-0.2, -0.15) is 0 Å². The number of carbonyl (C=O) groups excluding carboxylic acids is 1. The average molecular weight is 238 g/mol. The van der Waals surface area contributed by atoms with Crippen molar-refractivity contribution in [1.29, 1.82) is 0 Å². The van der Waals surface area contributed by atoms with Crippen molar-refractivity contribution in [2.75, 3.05) is 26.7 Å². The Morgan fingerprint density at radius 2 is 2.12 bits per heavy atom. The maximum Gasteiger partial charge on any atom is 0.314 e. The molecule has 2 aliphatic rings. The zero-order valence-electron chi connectivity index (χ0n) is 11.2. The average Bonchev–Trinajstić information content (AvgIpc) is 2.83. The van der Waals surface area contributed by atoms with E-state index in [1.807, 2.05) is 0 Å². The van der Waals surface area contributed by atoms with Gasteiger partial charge in [-0.3, -0.25) is 4.79 Å². The Balaban J connectivity index is 2.13. The van der Waals surface area contributed by atoms with Crippen molar-refractivity contribution in [3.63, 3.8) is 0 Å². The van der Waals surface area contributed by atoms with Gasteiger partial charge in [-0.1, -0.05) is 5.57 Å². The van der Waals surface area contributed by atoms with Crippen LogP contribution in [0.5, 0.6) is 0 Å². The van der Waals surface area contributed by atoms with Crippen LogP contribution in [0.4, 0.5) is 0 Å². The minimum atomic E-state index is 0.00843. The van der Waals surface area contributed by atoms with Crippen molar-refractivity contribution in [1.82, 2.24) is 0 Å². The molecule has 2 saturated heterocycles. The highest BCUT2D eigenvalue weighted by atomic mass is 16.5. The summed E-state index contributed by atoms with van der Waals surface area (Å²) < 4.78 is 6.08. The van der Waals surface area contributed by atoms with Gasteiger partial charge < -0.3 is 9.22 Å². The quantitative estimate of drug-likeness (QED) is 0.428. The fourth-order valence-corrected chi connectivity index (χ4v) is 3.61. The van der Waals surface area contributed by atoms with E-state index in [9.17, 15) is 4.79 Å². The smallest absolute Gasteiger partial charge is 0.314 e. The lowest BCUT2D eigenvalue weighted by Crippen LogP contribution is -2.49. The van der Waals surface area contributed by atoms with Crippen LogP contribution in [0, 0.1) is 5.92 Å². The highest BCUT2D eigenvalue weighted by Gasteiger charge is 2.53. The van der Waals surface area contributed by atoms with Crippen molar-refractivity contribution >= 4 is 5.97 Å². The molecule has 0 aromatic carbocycles. The number of hydrogen-bond donors (Lipinski definition) is 0. The van der Waals surface area contributed by atoms with E-state index in [4.69, 9.17) is 4.74 Å². The summed E-state index contributed by atoms with van der Waals surface area (Å²) in [7, 11) is 1.51. The summed E-state index contributed by atoms with van der Waals surface area (Å²) in [6.45, 7) is 7.78. The molecule has 96 valence electrons. The third kappa shape index (κ3) is 2.25. The van der Waals surface area contributed by atoms with Gasteiger partial charge in [0.25, 0.3) is 0 Å². The first-order valence-electron chi connectivity index (χ1n) is 6.66. The van der Waals surface area contributed by atoms with Gasteiger partial charge >= 0.3 is 5.97 Å². The molecule has 0 amide bonds. The SMILES string of the molecule is COC(=O)[C@H]1CC[N+]2(CC=C(C)C)CCC[C@H]12. The number of methoxy groups -OCH3 is 1. The first-order chi connectivity index (χ1) is 8.09. The molecular formula is C14H24NO2+. The molecular weight excluding hydrogens is 214 g/mol. The van der Waals surface area contributed by atoms with Crippen LogP contribution in [0.3, 0.4) is 0 Å². The van der Waals surface area contributed by atoms with E-state index in [0.717, 1.165) is 24.0 Å². The normalized spacial score (nSPS) is 35.5. The predicted molar refractivity (Wildman–Crippen MR) is 67.4 cm³/mol. The largest absolute Gasteiger partial charge is 0.469 e. The van der Waals surface area contributed by atoms with Crippen LogP contribution >= 0.6 is 0 Å². The van der Waals surface area contributed by atoms with Gasteiger partial charge in [-0.15, -0.1) is 0 Å². The molecule has 2 rings (SSSR count). The summed E-state index contributed by atoms with van der Waals surface area (Å²) in [6, 6.07) is 0.512. The van der Waals surface area contributed by atoms with Gasteiger partial charge in [0, 0.05) is 19.3 Å². The second-order valence-corrected chi connectivity index (χ2v) is 5.76. The molecule has 0 aromatic rings. The molecule has 2 aliphatic heterocycles. The topological polar surface area (TPSA) is 26.3 Å². The summed E-state index contributed by atoms with van der Waals surface area (Å²) in [4.78, 5) is 11.8. The van der Waals surface area contributed by atoms with Crippen LogP contribution in [0.2, 0.25) is 0 Å². The summed E-state index contributed by atoms with van der Waals surface area (Å²) in [5.74, 6) is 0.155. The molecule has 2 heterocycles. The van der Waals surface area contributed by atoms with Gasteiger partial charge in [0.05, 0.1) is 26.7 Å². The summed E-state index contributed by atoms with van der Waals surface area (Å²) >= 11 is 0. The van der Waals surface area contributed by atoms with E-state index in [1.165, 1.54) is 32.1 Å². The zero-order chi connectivity index (χ0) is 12.5. The molecule has 2 fully saturated rings. The molecule has 0 bridgehead atoms. The van der Waals surface area contributed by atoms with E-state index >= 15 is 0 Å². The lowest BCUT2D eigenvalue weighted by molar-refractivity contribution is -0.923. The monoisotopic (exact) mass is 238 g/mol. The lowest BCUT2D eigenvalue weighted by atomic mass is 9.98. The Hall–Kier alpha value is -0.830. The molecule has 17 heavy (non-hydrogen) atoms. The molecule has 0 N–H and O–H groups in total. The maximum atomic E-state index is 11.8. The highest BCUT2D eigenvalue weighted by molar-refractivity contribution is 5.73. The summed E-state index contributed by atoms with van der Waals surface area (Å²) in [6.07, 6.45) is 5.79. The van der Waals surface area contributed by atoms with Gasteiger partial charge in [0.2, 0.25) is 0 Å². The van der Waals surface area contributed by atoms with Crippen molar-refractivity contribution in [2.24, 2.45) is 5.92 Å². The second kappa shape index (κ2) is 4.81. The fourth-order valence-electron chi connectivity index (χ4n) is 3.61. The number of rotatable bonds is 3. The number of carbonyl (C=O) groups is 1. The molecule has 3 atom stereocenters. The van der Waals surface area contributed by atoms with Crippen LogP contribution < -0.4 is 0 Å². The maximum absolute atomic E-state index is 11.8.